The predicted octanol–water partition coefficient (Wildman–Crippen LogP) is 2.35. The molecular formula is C13H28N2. The van der Waals surface area contributed by atoms with Gasteiger partial charge in [-0.15, -0.1) is 0 Å². The molecule has 2 nitrogen and oxygen atoms in total. The summed E-state index contributed by atoms with van der Waals surface area (Å²) >= 11 is 0. The summed E-state index contributed by atoms with van der Waals surface area (Å²) in [5.41, 5.74) is 0. The fourth-order valence-corrected chi connectivity index (χ4v) is 2.66. The van der Waals surface area contributed by atoms with Gasteiger partial charge in [0.2, 0.25) is 0 Å². The maximum Gasteiger partial charge on any atom is 0.0237 e. The molecule has 0 amide bonds. The Balaban J connectivity index is 2.15. The molecule has 0 aromatic rings. The second-order valence-corrected chi connectivity index (χ2v) is 5.58. The van der Waals surface area contributed by atoms with Crippen molar-refractivity contribution in [2.45, 2.75) is 45.6 Å². The number of likely N-dealkylation sites (N-methyl/N-ethyl adjacent to an activating group) is 1. The topological polar surface area (TPSA) is 15.3 Å². The van der Waals surface area contributed by atoms with Crippen molar-refractivity contribution < 1.29 is 0 Å². The third-order valence-corrected chi connectivity index (χ3v) is 3.69. The predicted molar refractivity (Wildman–Crippen MR) is 67.1 cm³/mol. The molecular weight excluding hydrogens is 184 g/mol. The first-order valence-electron chi connectivity index (χ1n) is 6.48. The van der Waals surface area contributed by atoms with Gasteiger partial charge in [0, 0.05) is 12.6 Å². The van der Waals surface area contributed by atoms with E-state index in [1.165, 1.54) is 32.2 Å². The van der Waals surface area contributed by atoms with Gasteiger partial charge in [-0.2, -0.15) is 0 Å². The molecule has 1 fully saturated rings. The summed E-state index contributed by atoms with van der Waals surface area (Å²) < 4.78 is 0. The van der Waals surface area contributed by atoms with Gasteiger partial charge < -0.3 is 10.2 Å². The SMILES string of the molecule is CC(C)C(CNCC1CCCC1)N(C)C. The molecule has 2 heteroatoms. The van der Waals surface area contributed by atoms with Gasteiger partial charge in [0.05, 0.1) is 0 Å². The first-order valence-corrected chi connectivity index (χ1v) is 6.48. The highest BCUT2D eigenvalue weighted by atomic mass is 15.1. The third kappa shape index (κ3) is 4.52. The molecule has 1 atom stereocenters. The fourth-order valence-electron chi connectivity index (χ4n) is 2.66. The number of hydrogen-bond donors (Lipinski definition) is 1. The summed E-state index contributed by atoms with van der Waals surface area (Å²) in [5, 5.41) is 3.65. The van der Waals surface area contributed by atoms with E-state index in [1.54, 1.807) is 0 Å². The zero-order valence-corrected chi connectivity index (χ0v) is 10.9. The molecule has 1 saturated carbocycles. The van der Waals surface area contributed by atoms with Gasteiger partial charge in [-0.1, -0.05) is 26.7 Å². The van der Waals surface area contributed by atoms with E-state index in [1.807, 2.05) is 0 Å². The van der Waals surface area contributed by atoms with Crippen LogP contribution in [0.2, 0.25) is 0 Å². The third-order valence-electron chi connectivity index (χ3n) is 3.69. The molecule has 1 aliphatic carbocycles. The average molecular weight is 212 g/mol. The molecule has 0 spiro atoms. The first kappa shape index (κ1) is 13.0. The van der Waals surface area contributed by atoms with Gasteiger partial charge in [-0.25, -0.2) is 0 Å². The Morgan fingerprint density at radius 3 is 2.27 bits per heavy atom. The van der Waals surface area contributed by atoms with Gasteiger partial charge in [-0.05, 0) is 45.3 Å². The van der Waals surface area contributed by atoms with Crippen LogP contribution >= 0.6 is 0 Å². The number of rotatable bonds is 6. The average Bonchev–Trinajstić information content (AvgIpc) is 2.63. The van der Waals surface area contributed by atoms with Crippen molar-refractivity contribution in [1.82, 2.24) is 10.2 Å². The lowest BCUT2D eigenvalue weighted by Gasteiger charge is -2.28. The highest BCUT2D eigenvalue weighted by Gasteiger charge is 2.17. The Kier molecular flexibility index (Phi) is 5.62. The molecule has 0 heterocycles. The standard InChI is InChI=1S/C13H28N2/c1-11(2)13(15(3)4)10-14-9-12-7-5-6-8-12/h11-14H,5-10H2,1-4H3. The largest absolute Gasteiger partial charge is 0.315 e. The smallest absolute Gasteiger partial charge is 0.0237 e. The lowest BCUT2D eigenvalue weighted by Crippen LogP contribution is -2.42. The van der Waals surface area contributed by atoms with Crippen LogP contribution in [0.1, 0.15) is 39.5 Å². The Bertz CT molecular complexity index is 152. The molecule has 1 unspecified atom stereocenters. The molecule has 1 N–H and O–H groups in total. The van der Waals surface area contributed by atoms with E-state index in [4.69, 9.17) is 0 Å². The molecule has 0 aliphatic heterocycles. The summed E-state index contributed by atoms with van der Waals surface area (Å²) in [6.45, 7) is 6.99. The molecule has 90 valence electrons. The highest BCUT2D eigenvalue weighted by molar-refractivity contribution is 4.75. The summed E-state index contributed by atoms with van der Waals surface area (Å²) in [5.74, 6) is 1.69. The maximum absolute atomic E-state index is 3.65. The monoisotopic (exact) mass is 212 g/mol. The van der Waals surface area contributed by atoms with Gasteiger partial charge in [0.25, 0.3) is 0 Å². The zero-order chi connectivity index (χ0) is 11.3. The molecule has 0 radical (unpaired) electrons. The quantitative estimate of drug-likeness (QED) is 0.727. The summed E-state index contributed by atoms with van der Waals surface area (Å²) in [7, 11) is 4.36. The summed E-state index contributed by atoms with van der Waals surface area (Å²) in [6, 6.07) is 0.673. The Hall–Kier alpha value is -0.0800. The minimum absolute atomic E-state index is 0.673. The van der Waals surface area contributed by atoms with Crippen molar-refractivity contribution in [2.24, 2.45) is 11.8 Å². The molecule has 0 bridgehead atoms. The number of nitrogens with one attached hydrogen (secondary N) is 1. The van der Waals surface area contributed by atoms with Gasteiger partial charge >= 0.3 is 0 Å². The Morgan fingerprint density at radius 2 is 1.80 bits per heavy atom. The van der Waals surface area contributed by atoms with E-state index in [2.05, 4.69) is 38.2 Å². The van der Waals surface area contributed by atoms with Crippen LogP contribution in [-0.4, -0.2) is 38.1 Å². The van der Waals surface area contributed by atoms with E-state index in [0.717, 1.165) is 18.4 Å². The van der Waals surface area contributed by atoms with Crippen molar-refractivity contribution in [3.05, 3.63) is 0 Å². The Morgan fingerprint density at radius 1 is 1.20 bits per heavy atom. The van der Waals surface area contributed by atoms with Gasteiger partial charge in [0.1, 0.15) is 0 Å². The van der Waals surface area contributed by atoms with Crippen molar-refractivity contribution in [3.63, 3.8) is 0 Å². The summed E-state index contributed by atoms with van der Waals surface area (Å²) in [4.78, 5) is 2.34. The van der Waals surface area contributed by atoms with Crippen LogP contribution in [0.15, 0.2) is 0 Å². The highest BCUT2D eigenvalue weighted by Crippen LogP contribution is 2.23. The van der Waals surface area contributed by atoms with E-state index in [-0.39, 0.29) is 0 Å². The lowest BCUT2D eigenvalue weighted by atomic mass is 10.0. The van der Waals surface area contributed by atoms with Crippen LogP contribution in [0.4, 0.5) is 0 Å². The van der Waals surface area contributed by atoms with E-state index >= 15 is 0 Å². The normalized spacial score (nSPS) is 20.4. The second-order valence-electron chi connectivity index (χ2n) is 5.58. The number of nitrogens with zero attached hydrogens (tertiary/aromatic N) is 1. The minimum atomic E-state index is 0.673. The van der Waals surface area contributed by atoms with Crippen molar-refractivity contribution in [3.8, 4) is 0 Å². The molecule has 0 saturated heterocycles. The zero-order valence-electron chi connectivity index (χ0n) is 10.9. The van der Waals surface area contributed by atoms with Crippen molar-refractivity contribution in [1.29, 1.82) is 0 Å². The number of hydrogen-bond acceptors (Lipinski definition) is 2. The van der Waals surface area contributed by atoms with Crippen LogP contribution in [0.25, 0.3) is 0 Å². The molecule has 1 rings (SSSR count). The molecule has 0 aromatic carbocycles. The van der Waals surface area contributed by atoms with E-state index in [0.29, 0.717) is 6.04 Å². The van der Waals surface area contributed by atoms with Crippen LogP contribution in [0.3, 0.4) is 0 Å². The van der Waals surface area contributed by atoms with Crippen molar-refractivity contribution >= 4 is 0 Å². The van der Waals surface area contributed by atoms with Gasteiger partial charge in [0.15, 0.2) is 0 Å². The fraction of sp³-hybridized carbons (Fsp3) is 1.00. The van der Waals surface area contributed by atoms with E-state index in [9.17, 15) is 0 Å². The second kappa shape index (κ2) is 6.49. The van der Waals surface area contributed by atoms with Crippen LogP contribution in [0, 0.1) is 11.8 Å². The summed E-state index contributed by atoms with van der Waals surface area (Å²) in [6.07, 6.45) is 5.80. The van der Waals surface area contributed by atoms with Crippen LogP contribution in [-0.2, 0) is 0 Å². The van der Waals surface area contributed by atoms with Crippen LogP contribution < -0.4 is 5.32 Å². The maximum atomic E-state index is 3.65. The van der Waals surface area contributed by atoms with E-state index < -0.39 is 0 Å². The van der Waals surface area contributed by atoms with Crippen LogP contribution in [0.5, 0.6) is 0 Å². The van der Waals surface area contributed by atoms with Gasteiger partial charge in [-0.3, -0.25) is 0 Å². The molecule has 15 heavy (non-hydrogen) atoms. The Labute approximate surface area is 95.4 Å². The minimum Gasteiger partial charge on any atom is -0.315 e. The lowest BCUT2D eigenvalue weighted by molar-refractivity contribution is 0.222. The first-order chi connectivity index (χ1) is 7.11. The molecule has 0 aromatic heterocycles. The van der Waals surface area contributed by atoms with Crippen molar-refractivity contribution in [2.75, 3.05) is 27.2 Å². The molecule has 1 aliphatic rings.